The van der Waals surface area contributed by atoms with Crippen LogP contribution in [0, 0.1) is 11.3 Å². The van der Waals surface area contributed by atoms with Crippen molar-refractivity contribution in [2.24, 2.45) is 0 Å². The van der Waals surface area contributed by atoms with Crippen molar-refractivity contribution in [3.63, 3.8) is 0 Å². The number of aromatic nitrogens is 3. The van der Waals surface area contributed by atoms with Gasteiger partial charge in [-0.05, 0) is 42.5 Å². The van der Waals surface area contributed by atoms with Crippen LogP contribution in [0.5, 0.6) is 0 Å². The first-order chi connectivity index (χ1) is 15.7. The van der Waals surface area contributed by atoms with Crippen molar-refractivity contribution in [2.45, 2.75) is 4.90 Å². The summed E-state index contributed by atoms with van der Waals surface area (Å²) in [5.41, 5.74) is 0.994. The Morgan fingerprint density at radius 1 is 1.09 bits per heavy atom. The van der Waals surface area contributed by atoms with Crippen molar-refractivity contribution in [3.05, 3.63) is 76.8 Å². The van der Waals surface area contributed by atoms with E-state index in [-0.39, 0.29) is 26.3 Å². The second kappa shape index (κ2) is 8.71. The number of hydrogen-bond acceptors (Lipinski definition) is 6. The molecule has 0 aliphatic heterocycles. The van der Waals surface area contributed by atoms with Crippen molar-refractivity contribution in [3.8, 4) is 11.9 Å². The molecule has 0 atom stereocenters. The highest BCUT2D eigenvalue weighted by molar-refractivity contribution is 7.92. The van der Waals surface area contributed by atoms with Gasteiger partial charge in [0.1, 0.15) is 12.6 Å². The Hall–Kier alpha value is -3.65. The second-order valence-electron chi connectivity index (χ2n) is 6.81. The van der Waals surface area contributed by atoms with E-state index in [4.69, 9.17) is 28.5 Å². The van der Waals surface area contributed by atoms with Gasteiger partial charge in [0.25, 0.3) is 10.0 Å². The SMILES string of the molecule is N#Cc1cnc(-n2ccc3cc(N(CC(=O)O)S(=O)(=O)c4cc(Cl)cc(Cl)c4)ccc32)cn1. The summed E-state index contributed by atoms with van der Waals surface area (Å²) in [6.45, 7) is -0.806. The van der Waals surface area contributed by atoms with Gasteiger partial charge in [-0.2, -0.15) is 5.26 Å². The Kier molecular flexibility index (Phi) is 5.95. The lowest BCUT2D eigenvalue weighted by Crippen LogP contribution is -2.35. The Morgan fingerprint density at radius 2 is 1.82 bits per heavy atom. The molecule has 0 saturated carbocycles. The molecule has 4 aromatic rings. The molecule has 0 amide bonds. The first kappa shape index (κ1) is 22.5. The van der Waals surface area contributed by atoms with E-state index in [1.807, 2.05) is 6.07 Å². The van der Waals surface area contributed by atoms with Crippen LogP contribution >= 0.6 is 23.2 Å². The van der Waals surface area contributed by atoms with E-state index in [0.29, 0.717) is 16.7 Å². The molecule has 2 aromatic heterocycles. The number of nitriles is 1. The number of carboxylic acid groups (broad SMARTS) is 1. The normalized spacial score (nSPS) is 11.3. The number of sulfonamides is 1. The molecule has 0 fully saturated rings. The van der Waals surface area contributed by atoms with E-state index in [1.165, 1.54) is 36.7 Å². The summed E-state index contributed by atoms with van der Waals surface area (Å²) in [6.07, 6.45) is 4.49. The van der Waals surface area contributed by atoms with Crippen LogP contribution < -0.4 is 4.31 Å². The number of fused-ring (bicyclic) bond motifs is 1. The molecule has 0 saturated heterocycles. The first-order valence-corrected chi connectivity index (χ1v) is 11.4. The molecule has 166 valence electrons. The molecule has 33 heavy (non-hydrogen) atoms. The smallest absolute Gasteiger partial charge is 0.324 e. The molecule has 0 unspecified atom stereocenters. The summed E-state index contributed by atoms with van der Waals surface area (Å²) < 4.78 is 29.1. The quantitative estimate of drug-likeness (QED) is 0.424. The maximum atomic E-state index is 13.3. The van der Waals surface area contributed by atoms with Gasteiger partial charge in [-0.1, -0.05) is 23.2 Å². The van der Waals surface area contributed by atoms with Crippen LogP contribution in [-0.4, -0.2) is 40.6 Å². The molecular weight excluding hydrogens is 489 g/mol. The third-order valence-corrected chi connectivity index (χ3v) is 6.85. The van der Waals surface area contributed by atoms with Crippen LogP contribution in [0.4, 0.5) is 5.69 Å². The summed E-state index contributed by atoms with van der Waals surface area (Å²) in [4.78, 5) is 19.5. The van der Waals surface area contributed by atoms with Crippen LogP contribution in [-0.2, 0) is 14.8 Å². The molecular formula is C21H13Cl2N5O4S. The molecule has 4 rings (SSSR count). The zero-order valence-corrected chi connectivity index (χ0v) is 18.9. The third kappa shape index (κ3) is 4.47. The topological polar surface area (TPSA) is 129 Å². The average Bonchev–Trinajstić information content (AvgIpc) is 3.20. The maximum absolute atomic E-state index is 13.3. The van der Waals surface area contributed by atoms with Crippen LogP contribution in [0.2, 0.25) is 10.0 Å². The van der Waals surface area contributed by atoms with Gasteiger partial charge < -0.3 is 5.11 Å². The van der Waals surface area contributed by atoms with E-state index < -0.39 is 22.5 Å². The lowest BCUT2D eigenvalue weighted by atomic mass is 10.2. The first-order valence-electron chi connectivity index (χ1n) is 9.23. The number of rotatable bonds is 6. The van der Waals surface area contributed by atoms with Gasteiger partial charge in [0, 0.05) is 21.6 Å². The fraction of sp³-hybridized carbons (Fsp3) is 0.0476. The number of hydrogen-bond donors (Lipinski definition) is 1. The van der Waals surface area contributed by atoms with Crippen LogP contribution in [0.1, 0.15) is 5.69 Å². The van der Waals surface area contributed by atoms with Gasteiger partial charge in [-0.25, -0.2) is 18.4 Å². The van der Waals surface area contributed by atoms with Crippen molar-refractivity contribution in [1.82, 2.24) is 14.5 Å². The van der Waals surface area contributed by atoms with E-state index >= 15 is 0 Å². The monoisotopic (exact) mass is 501 g/mol. The van der Waals surface area contributed by atoms with Crippen molar-refractivity contribution < 1.29 is 18.3 Å². The lowest BCUT2D eigenvalue weighted by molar-refractivity contribution is -0.135. The van der Waals surface area contributed by atoms with Crippen molar-refractivity contribution in [2.75, 3.05) is 10.8 Å². The summed E-state index contributed by atoms with van der Waals surface area (Å²) in [5.74, 6) is -0.877. The summed E-state index contributed by atoms with van der Waals surface area (Å²) >= 11 is 11.9. The Labute approximate surface area is 198 Å². The molecule has 0 aliphatic carbocycles. The average molecular weight is 502 g/mol. The maximum Gasteiger partial charge on any atom is 0.324 e. The molecule has 2 heterocycles. The number of benzene rings is 2. The minimum atomic E-state index is -4.29. The van der Waals surface area contributed by atoms with Gasteiger partial charge in [-0.15, -0.1) is 0 Å². The van der Waals surface area contributed by atoms with Crippen LogP contribution in [0.15, 0.2) is 66.0 Å². The minimum Gasteiger partial charge on any atom is -0.480 e. The number of aliphatic carboxylic acids is 1. The summed E-state index contributed by atoms with van der Waals surface area (Å²) in [7, 11) is -4.29. The zero-order valence-electron chi connectivity index (χ0n) is 16.6. The van der Waals surface area contributed by atoms with Gasteiger partial charge in [0.05, 0.1) is 28.5 Å². The number of anilines is 1. The Morgan fingerprint density at radius 3 is 2.42 bits per heavy atom. The zero-order chi connectivity index (χ0) is 23.8. The molecule has 12 heteroatoms. The van der Waals surface area contributed by atoms with Crippen LogP contribution in [0.3, 0.4) is 0 Å². The van der Waals surface area contributed by atoms with Crippen molar-refractivity contribution >= 4 is 55.8 Å². The predicted octanol–water partition coefficient (Wildman–Crippen LogP) is 3.88. The highest BCUT2D eigenvalue weighted by atomic mass is 35.5. The fourth-order valence-electron chi connectivity index (χ4n) is 3.23. The lowest BCUT2D eigenvalue weighted by Gasteiger charge is -2.23. The summed E-state index contributed by atoms with van der Waals surface area (Å²) in [5, 5.41) is 19.1. The molecule has 0 aliphatic rings. The van der Waals surface area contributed by atoms with Gasteiger partial charge >= 0.3 is 5.97 Å². The van der Waals surface area contributed by atoms with Crippen LogP contribution in [0.25, 0.3) is 16.7 Å². The van der Waals surface area contributed by atoms with E-state index in [9.17, 15) is 18.3 Å². The Bertz CT molecular complexity index is 1510. The molecule has 2 aromatic carbocycles. The number of nitrogens with zero attached hydrogens (tertiary/aromatic N) is 5. The largest absolute Gasteiger partial charge is 0.480 e. The van der Waals surface area contributed by atoms with Crippen molar-refractivity contribution in [1.29, 1.82) is 5.26 Å². The molecule has 1 N–H and O–H groups in total. The molecule has 0 spiro atoms. The number of carbonyl (C=O) groups is 1. The second-order valence-corrected chi connectivity index (χ2v) is 9.55. The number of halogens is 2. The summed E-state index contributed by atoms with van der Waals surface area (Å²) in [6, 6.07) is 12.1. The fourth-order valence-corrected chi connectivity index (χ4v) is 5.36. The molecule has 9 nitrogen and oxygen atoms in total. The highest BCUT2D eigenvalue weighted by Gasteiger charge is 2.28. The minimum absolute atomic E-state index is 0.104. The molecule has 0 bridgehead atoms. The predicted molar refractivity (Wildman–Crippen MR) is 122 cm³/mol. The van der Waals surface area contributed by atoms with E-state index in [2.05, 4.69) is 9.97 Å². The highest BCUT2D eigenvalue weighted by Crippen LogP contribution is 2.31. The van der Waals surface area contributed by atoms with E-state index in [0.717, 1.165) is 4.31 Å². The van der Waals surface area contributed by atoms with E-state index in [1.54, 1.807) is 29.0 Å². The van der Waals surface area contributed by atoms with Gasteiger partial charge in [-0.3, -0.25) is 13.7 Å². The third-order valence-electron chi connectivity index (χ3n) is 4.66. The molecule has 0 radical (unpaired) electrons. The Balaban J connectivity index is 1.80. The van der Waals surface area contributed by atoms with Gasteiger partial charge in [0.2, 0.25) is 0 Å². The standard InChI is InChI=1S/C21H13Cl2N5O4S/c22-14-6-15(23)8-18(7-14)33(31,32)28(12-21(29)30)17-1-2-19-13(5-17)3-4-27(19)20-11-25-16(9-24)10-26-20/h1-8,10-11H,12H2,(H,29,30). The van der Waals surface area contributed by atoms with Gasteiger partial charge in [0.15, 0.2) is 11.5 Å². The number of carboxylic acids is 1.